The number of rotatable bonds is 4. The van der Waals surface area contributed by atoms with Crippen LogP contribution in [0, 0.1) is 5.92 Å². The van der Waals surface area contributed by atoms with Gasteiger partial charge >= 0.3 is 6.18 Å². The Bertz CT molecular complexity index is 200. The van der Waals surface area contributed by atoms with Crippen molar-refractivity contribution in [3.05, 3.63) is 12.8 Å². The molecule has 0 aromatic carbocycles. The molecule has 0 aromatic rings. The number of hydrogen-bond acceptors (Lipinski definition) is 1. The van der Waals surface area contributed by atoms with Crippen molar-refractivity contribution in [1.82, 2.24) is 0 Å². The molecule has 0 bridgehead atoms. The second-order valence-corrected chi connectivity index (χ2v) is 4.11. The predicted octanol–water partition coefficient (Wildman–Crippen LogP) is 4.05. The van der Waals surface area contributed by atoms with E-state index in [9.17, 15) is 13.2 Å². The van der Waals surface area contributed by atoms with Crippen molar-refractivity contribution in [2.24, 2.45) is 5.92 Å². The van der Waals surface area contributed by atoms with E-state index in [2.05, 4.69) is 6.58 Å². The van der Waals surface area contributed by atoms with Crippen LogP contribution in [-0.2, 0) is 4.74 Å². The first kappa shape index (κ1) is 12.4. The maximum absolute atomic E-state index is 12.0. The summed E-state index contributed by atoms with van der Waals surface area (Å²) in [4.78, 5) is 0. The average Bonchev–Trinajstić information content (AvgIpc) is 2.15. The lowest BCUT2D eigenvalue weighted by Crippen LogP contribution is -2.22. The van der Waals surface area contributed by atoms with Gasteiger partial charge in [0.25, 0.3) is 0 Å². The van der Waals surface area contributed by atoms with Gasteiger partial charge in [-0.2, -0.15) is 13.2 Å². The van der Waals surface area contributed by atoms with E-state index in [-0.39, 0.29) is 18.4 Å². The van der Waals surface area contributed by atoms with Gasteiger partial charge < -0.3 is 4.74 Å². The minimum atomic E-state index is -4.02. The van der Waals surface area contributed by atoms with Gasteiger partial charge in [-0.1, -0.05) is 13.0 Å². The summed E-state index contributed by atoms with van der Waals surface area (Å²) >= 11 is 0. The SMILES string of the molecule is C=COC1CCCC(CCC(F)(F)F)C1. The Morgan fingerprint density at radius 1 is 1.33 bits per heavy atom. The molecule has 15 heavy (non-hydrogen) atoms. The number of halogens is 3. The molecule has 0 amide bonds. The van der Waals surface area contributed by atoms with Gasteiger partial charge in [-0.3, -0.25) is 0 Å². The van der Waals surface area contributed by atoms with Crippen molar-refractivity contribution in [3.63, 3.8) is 0 Å². The number of hydrogen-bond donors (Lipinski definition) is 0. The highest BCUT2D eigenvalue weighted by atomic mass is 19.4. The molecule has 0 aromatic heterocycles. The van der Waals surface area contributed by atoms with Gasteiger partial charge in [0.1, 0.15) is 0 Å². The fraction of sp³-hybridized carbons (Fsp3) is 0.818. The molecule has 1 rings (SSSR count). The third kappa shape index (κ3) is 5.09. The van der Waals surface area contributed by atoms with Gasteiger partial charge in [-0.15, -0.1) is 0 Å². The van der Waals surface area contributed by atoms with Crippen LogP contribution in [0.1, 0.15) is 38.5 Å². The Hall–Kier alpha value is -0.670. The molecule has 1 aliphatic rings. The monoisotopic (exact) mass is 222 g/mol. The topological polar surface area (TPSA) is 9.23 Å². The molecular formula is C11H17F3O. The predicted molar refractivity (Wildman–Crippen MR) is 52.3 cm³/mol. The third-order valence-corrected chi connectivity index (χ3v) is 2.86. The Morgan fingerprint density at radius 3 is 2.67 bits per heavy atom. The quantitative estimate of drug-likeness (QED) is 0.652. The zero-order chi connectivity index (χ0) is 11.3. The standard InChI is InChI=1S/C11H17F3O/c1-2-15-10-5-3-4-9(8-10)6-7-11(12,13)14/h2,9-10H,1,3-8H2. The highest BCUT2D eigenvalue weighted by molar-refractivity contribution is 4.75. The maximum Gasteiger partial charge on any atom is 0.389 e. The summed E-state index contributed by atoms with van der Waals surface area (Å²) in [5.41, 5.74) is 0. The molecular weight excluding hydrogens is 205 g/mol. The minimum absolute atomic E-state index is 0.0782. The first-order valence-corrected chi connectivity index (χ1v) is 5.34. The van der Waals surface area contributed by atoms with Crippen molar-refractivity contribution in [3.8, 4) is 0 Å². The van der Waals surface area contributed by atoms with Crippen LogP contribution in [0.4, 0.5) is 13.2 Å². The first-order valence-electron chi connectivity index (χ1n) is 5.34. The van der Waals surface area contributed by atoms with Crippen LogP contribution >= 0.6 is 0 Å². The Kier molecular flexibility index (Phi) is 4.48. The van der Waals surface area contributed by atoms with Crippen molar-refractivity contribution in [2.45, 2.75) is 50.8 Å². The minimum Gasteiger partial charge on any atom is -0.499 e. The lowest BCUT2D eigenvalue weighted by Gasteiger charge is -2.28. The summed E-state index contributed by atoms with van der Waals surface area (Å²) < 4.78 is 41.3. The fourth-order valence-electron chi connectivity index (χ4n) is 2.13. The normalized spacial score (nSPS) is 27.4. The van der Waals surface area contributed by atoms with Gasteiger partial charge in [-0.05, 0) is 31.6 Å². The van der Waals surface area contributed by atoms with Crippen LogP contribution in [0.2, 0.25) is 0 Å². The summed E-state index contributed by atoms with van der Waals surface area (Å²) in [6.45, 7) is 3.46. The zero-order valence-corrected chi connectivity index (χ0v) is 8.72. The second-order valence-electron chi connectivity index (χ2n) is 4.11. The first-order chi connectivity index (χ1) is 7.01. The lowest BCUT2D eigenvalue weighted by atomic mass is 9.84. The van der Waals surface area contributed by atoms with Crippen molar-refractivity contribution in [1.29, 1.82) is 0 Å². The molecule has 0 aliphatic heterocycles. The molecule has 1 nitrogen and oxygen atoms in total. The average molecular weight is 222 g/mol. The van der Waals surface area contributed by atoms with Crippen LogP contribution in [-0.4, -0.2) is 12.3 Å². The Balaban J connectivity index is 2.27. The zero-order valence-electron chi connectivity index (χ0n) is 8.72. The van der Waals surface area contributed by atoms with E-state index in [1.165, 1.54) is 6.26 Å². The maximum atomic E-state index is 12.0. The highest BCUT2D eigenvalue weighted by Gasteiger charge is 2.30. The van der Waals surface area contributed by atoms with E-state index in [4.69, 9.17) is 4.74 Å². The summed E-state index contributed by atoms with van der Waals surface area (Å²) in [5.74, 6) is 0.158. The highest BCUT2D eigenvalue weighted by Crippen LogP contribution is 2.33. The van der Waals surface area contributed by atoms with Crippen LogP contribution in [0.25, 0.3) is 0 Å². The summed E-state index contributed by atoms with van der Waals surface area (Å²) in [6.07, 6.45) is 0.543. The van der Waals surface area contributed by atoms with Crippen molar-refractivity contribution in [2.75, 3.05) is 0 Å². The molecule has 2 unspecified atom stereocenters. The van der Waals surface area contributed by atoms with Gasteiger partial charge in [-0.25, -0.2) is 0 Å². The van der Waals surface area contributed by atoms with E-state index in [0.29, 0.717) is 0 Å². The van der Waals surface area contributed by atoms with Crippen molar-refractivity contribution >= 4 is 0 Å². The Morgan fingerprint density at radius 2 is 2.07 bits per heavy atom. The third-order valence-electron chi connectivity index (χ3n) is 2.86. The van der Waals surface area contributed by atoms with E-state index in [0.717, 1.165) is 25.7 Å². The number of ether oxygens (including phenoxy) is 1. The molecule has 0 radical (unpaired) electrons. The molecule has 0 spiro atoms. The molecule has 4 heteroatoms. The largest absolute Gasteiger partial charge is 0.499 e. The molecule has 0 heterocycles. The lowest BCUT2D eigenvalue weighted by molar-refractivity contribution is -0.138. The molecule has 88 valence electrons. The van der Waals surface area contributed by atoms with Gasteiger partial charge in [0, 0.05) is 6.42 Å². The van der Waals surface area contributed by atoms with E-state index < -0.39 is 12.6 Å². The van der Waals surface area contributed by atoms with Crippen LogP contribution in [0.3, 0.4) is 0 Å². The van der Waals surface area contributed by atoms with E-state index in [1.54, 1.807) is 0 Å². The molecule has 1 fully saturated rings. The Labute approximate surface area is 88.3 Å². The van der Waals surface area contributed by atoms with Crippen LogP contribution < -0.4 is 0 Å². The number of alkyl halides is 3. The van der Waals surface area contributed by atoms with Crippen LogP contribution in [0.5, 0.6) is 0 Å². The van der Waals surface area contributed by atoms with Crippen molar-refractivity contribution < 1.29 is 17.9 Å². The van der Waals surface area contributed by atoms with Gasteiger partial charge in [0.2, 0.25) is 0 Å². The second kappa shape index (κ2) is 5.42. The smallest absolute Gasteiger partial charge is 0.389 e. The van der Waals surface area contributed by atoms with Crippen LogP contribution in [0.15, 0.2) is 12.8 Å². The van der Waals surface area contributed by atoms with E-state index in [1.807, 2.05) is 0 Å². The van der Waals surface area contributed by atoms with E-state index >= 15 is 0 Å². The molecule has 2 atom stereocenters. The molecule has 0 saturated heterocycles. The summed E-state index contributed by atoms with van der Waals surface area (Å²) in [5, 5.41) is 0. The fourth-order valence-corrected chi connectivity index (χ4v) is 2.13. The molecule has 1 saturated carbocycles. The summed E-state index contributed by atoms with van der Waals surface area (Å²) in [7, 11) is 0. The molecule has 0 N–H and O–H groups in total. The molecule has 1 aliphatic carbocycles. The van der Waals surface area contributed by atoms with Gasteiger partial charge in [0.05, 0.1) is 12.4 Å². The summed E-state index contributed by atoms with van der Waals surface area (Å²) in [6, 6.07) is 0. The van der Waals surface area contributed by atoms with Gasteiger partial charge in [0.15, 0.2) is 0 Å².